The van der Waals surface area contributed by atoms with Crippen molar-refractivity contribution in [3.63, 3.8) is 0 Å². The van der Waals surface area contributed by atoms with E-state index in [-0.39, 0.29) is 76.2 Å². The van der Waals surface area contributed by atoms with Crippen molar-refractivity contribution in [1.82, 2.24) is 50.0 Å². The van der Waals surface area contributed by atoms with Gasteiger partial charge in [-0.1, -0.05) is 24.3 Å². The van der Waals surface area contributed by atoms with Crippen molar-refractivity contribution >= 4 is 17.7 Å². The van der Waals surface area contributed by atoms with Gasteiger partial charge < -0.3 is 46.8 Å². The third-order valence-electron chi connectivity index (χ3n) is 8.83. The van der Waals surface area contributed by atoms with E-state index in [1.54, 1.807) is 0 Å². The number of carbonyl (C=O) groups excluding carboxylic acids is 3. The molecule has 22 heteroatoms. The van der Waals surface area contributed by atoms with Crippen molar-refractivity contribution in [1.29, 1.82) is 0 Å². The number of amides is 3. The van der Waals surface area contributed by atoms with Crippen molar-refractivity contribution in [3.8, 4) is 0 Å². The summed E-state index contributed by atoms with van der Waals surface area (Å²) in [7, 11) is 0. The number of carbonyl (C=O) groups is 3. The van der Waals surface area contributed by atoms with Gasteiger partial charge in [0, 0.05) is 76.6 Å². The third-order valence-corrected chi connectivity index (χ3v) is 8.83. The van der Waals surface area contributed by atoms with Crippen molar-refractivity contribution < 1.29 is 40.3 Å². The minimum Gasteiger partial charge on any atom is -0.425 e. The topological polar surface area (TPSA) is 295 Å². The van der Waals surface area contributed by atoms with Gasteiger partial charge in [-0.05, 0) is 50.2 Å². The zero-order valence-electron chi connectivity index (χ0n) is 31.3. The highest BCUT2D eigenvalue weighted by Gasteiger charge is 2.17. The highest BCUT2D eigenvalue weighted by atomic mass is 16.5. The molecule has 0 aliphatic heterocycles. The molecule has 1 atom stereocenters. The molecule has 0 bridgehead atoms. The molecule has 312 valence electrons. The number of hydrogen-bond donors (Lipinski definition) is 9. The van der Waals surface area contributed by atoms with Crippen molar-refractivity contribution in [2.75, 3.05) is 65.4 Å². The van der Waals surface area contributed by atoms with Crippen molar-refractivity contribution in [3.05, 3.63) is 137 Å². The van der Waals surface area contributed by atoms with Gasteiger partial charge in [-0.15, -0.1) is 18.9 Å². The lowest BCUT2D eigenvalue weighted by molar-refractivity contribution is 0.0826. The third kappa shape index (κ3) is 12.4. The summed E-state index contributed by atoms with van der Waals surface area (Å²) in [6, 6.07) is 15.0. The standard InChI is InChI=1S/C36H46N10O12/c47-29-11-3-7-25(43(29)55)33(51)37-15-21-41(22-16-38-34(52)26-8-4-12-30(48)44(26)56)19-1-2-20-42(23-17-39-35(53)27-9-5-13-31(49)45(27)57)24-18-40-36(54)28-10-6-14-32(50)46(28)58/h3-14,33,37,51,55-58H,1-2,15-24H2,(H,38,52)(H,39,53)(H,40,54). The van der Waals surface area contributed by atoms with E-state index in [9.17, 15) is 59.5 Å². The maximum absolute atomic E-state index is 12.7. The number of hydrogen-bond acceptors (Lipinski definition) is 15. The Morgan fingerprint density at radius 1 is 0.483 bits per heavy atom. The van der Waals surface area contributed by atoms with Crippen LogP contribution in [-0.2, 0) is 0 Å². The quantitative estimate of drug-likeness (QED) is 0.0226. The Kier molecular flexibility index (Phi) is 16.3. The molecule has 0 radical (unpaired) electrons. The summed E-state index contributed by atoms with van der Waals surface area (Å²) in [5.74, 6) is -2.06. The molecule has 0 aromatic carbocycles. The van der Waals surface area contributed by atoms with Crippen LogP contribution in [0.4, 0.5) is 0 Å². The SMILES string of the molecule is O=C(NCCN(CCCCN(CCNC(=O)c1cccc(=O)n1O)CCNC(O)c1cccc(=O)n1O)CCNC(=O)c1cccc(=O)n1O)c1cccc(=O)n1O. The van der Waals surface area contributed by atoms with Gasteiger partial charge in [0.1, 0.15) is 29.0 Å². The number of unbranched alkanes of at least 4 members (excludes halogenated alkanes) is 1. The maximum Gasteiger partial charge on any atom is 0.283 e. The highest BCUT2D eigenvalue weighted by Crippen LogP contribution is 2.06. The van der Waals surface area contributed by atoms with E-state index < -0.39 is 46.2 Å². The Balaban J connectivity index is 1.36. The Hall–Kier alpha value is -6.75. The second kappa shape index (κ2) is 21.5. The normalized spacial score (nSPS) is 11.7. The van der Waals surface area contributed by atoms with Gasteiger partial charge >= 0.3 is 0 Å². The number of nitrogens with zero attached hydrogens (tertiary/aromatic N) is 6. The van der Waals surface area contributed by atoms with E-state index in [1.165, 1.54) is 48.5 Å². The summed E-state index contributed by atoms with van der Waals surface area (Å²) < 4.78 is 1.04. The Morgan fingerprint density at radius 3 is 1.19 bits per heavy atom. The van der Waals surface area contributed by atoms with Crippen LogP contribution in [0.5, 0.6) is 0 Å². The van der Waals surface area contributed by atoms with Crippen LogP contribution in [0.3, 0.4) is 0 Å². The number of pyridine rings is 4. The van der Waals surface area contributed by atoms with E-state index in [4.69, 9.17) is 0 Å². The summed E-state index contributed by atoms with van der Waals surface area (Å²) in [4.78, 5) is 89.0. The molecule has 3 amide bonds. The number of aliphatic hydroxyl groups excluding tert-OH is 1. The fraction of sp³-hybridized carbons (Fsp3) is 0.361. The van der Waals surface area contributed by atoms with Gasteiger partial charge in [-0.3, -0.25) is 43.8 Å². The zero-order chi connectivity index (χ0) is 42.2. The lowest BCUT2D eigenvalue weighted by Crippen LogP contribution is -2.42. The average Bonchev–Trinajstić information content (AvgIpc) is 3.19. The molecular formula is C36H46N10O12. The summed E-state index contributed by atoms with van der Waals surface area (Å²) in [5.41, 5.74) is -3.89. The molecule has 4 aromatic heterocycles. The predicted octanol–water partition coefficient (Wildman–Crippen LogP) is -2.46. The van der Waals surface area contributed by atoms with Gasteiger partial charge in [0.2, 0.25) is 0 Å². The molecular weight excluding hydrogens is 764 g/mol. The van der Waals surface area contributed by atoms with E-state index in [1.807, 2.05) is 9.80 Å². The summed E-state index contributed by atoms with van der Waals surface area (Å²) >= 11 is 0. The minimum atomic E-state index is -1.38. The average molecular weight is 811 g/mol. The van der Waals surface area contributed by atoms with Crippen LogP contribution in [-0.4, -0.2) is 138 Å². The van der Waals surface area contributed by atoms with Crippen LogP contribution in [0.1, 0.15) is 56.2 Å². The van der Waals surface area contributed by atoms with Crippen LogP contribution in [0.15, 0.2) is 92.0 Å². The zero-order valence-corrected chi connectivity index (χ0v) is 31.3. The molecule has 0 saturated carbocycles. The lowest BCUT2D eigenvalue weighted by Gasteiger charge is -2.26. The fourth-order valence-electron chi connectivity index (χ4n) is 5.72. The van der Waals surface area contributed by atoms with Crippen LogP contribution in [0.2, 0.25) is 0 Å². The molecule has 0 spiro atoms. The summed E-state index contributed by atoms with van der Waals surface area (Å²) in [6.45, 7) is 2.61. The molecule has 0 saturated heterocycles. The van der Waals surface area contributed by atoms with Gasteiger partial charge in [-0.2, -0.15) is 0 Å². The first-order chi connectivity index (χ1) is 27.8. The number of nitrogens with one attached hydrogen (secondary N) is 4. The van der Waals surface area contributed by atoms with Gasteiger partial charge in [0.25, 0.3) is 40.0 Å². The van der Waals surface area contributed by atoms with Gasteiger partial charge in [0.15, 0.2) is 0 Å². The van der Waals surface area contributed by atoms with Gasteiger partial charge in [0.05, 0.1) is 0 Å². The second-order valence-electron chi connectivity index (χ2n) is 12.8. The van der Waals surface area contributed by atoms with Crippen molar-refractivity contribution in [2.24, 2.45) is 0 Å². The van der Waals surface area contributed by atoms with Crippen LogP contribution >= 0.6 is 0 Å². The second-order valence-corrected chi connectivity index (χ2v) is 12.8. The predicted molar refractivity (Wildman–Crippen MR) is 204 cm³/mol. The van der Waals surface area contributed by atoms with Crippen molar-refractivity contribution in [2.45, 2.75) is 19.1 Å². The van der Waals surface area contributed by atoms with E-state index in [0.717, 1.165) is 24.3 Å². The lowest BCUT2D eigenvalue weighted by atomic mass is 10.2. The van der Waals surface area contributed by atoms with E-state index in [2.05, 4.69) is 21.3 Å². The monoisotopic (exact) mass is 810 g/mol. The van der Waals surface area contributed by atoms with E-state index in [0.29, 0.717) is 43.8 Å². The first-order valence-corrected chi connectivity index (χ1v) is 18.1. The molecule has 0 aliphatic rings. The number of aliphatic hydroxyl groups is 1. The molecule has 4 heterocycles. The summed E-state index contributed by atoms with van der Waals surface area (Å²) in [6.07, 6.45) is -0.198. The van der Waals surface area contributed by atoms with Crippen LogP contribution in [0, 0.1) is 0 Å². The van der Waals surface area contributed by atoms with Crippen LogP contribution in [0.25, 0.3) is 0 Å². The largest absolute Gasteiger partial charge is 0.425 e. The first kappa shape index (κ1) is 44.0. The summed E-state index contributed by atoms with van der Waals surface area (Å²) in [5, 5.41) is 61.2. The Bertz CT molecular complexity index is 2190. The molecule has 4 rings (SSSR count). The highest BCUT2D eigenvalue weighted by molar-refractivity contribution is 5.93. The molecule has 0 aliphatic carbocycles. The Morgan fingerprint density at radius 2 is 0.810 bits per heavy atom. The Labute approximate surface area is 329 Å². The minimum absolute atomic E-state index is 0.0688. The molecule has 0 fully saturated rings. The first-order valence-electron chi connectivity index (χ1n) is 18.1. The van der Waals surface area contributed by atoms with E-state index >= 15 is 0 Å². The molecule has 1 unspecified atom stereocenters. The van der Waals surface area contributed by atoms with Gasteiger partial charge in [-0.25, -0.2) is 0 Å². The molecule has 58 heavy (non-hydrogen) atoms. The smallest absolute Gasteiger partial charge is 0.283 e. The molecule has 9 N–H and O–H groups in total. The number of aromatic nitrogens is 4. The number of rotatable bonds is 22. The fourth-order valence-corrected chi connectivity index (χ4v) is 5.72. The molecule has 4 aromatic rings. The van der Waals surface area contributed by atoms with Crippen LogP contribution < -0.4 is 43.5 Å². The molecule has 22 nitrogen and oxygen atoms in total. The maximum atomic E-state index is 12.7.